The minimum atomic E-state index is 0.811. The smallest absolute Gasteiger partial charge is 0.0413 e. The lowest BCUT2D eigenvalue weighted by Gasteiger charge is -1.96. The summed E-state index contributed by atoms with van der Waals surface area (Å²) in [4.78, 5) is 2.22. The van der Waals surface area contributed by atoms with Crippen molar-refractivity contribution in [2.24, 2.45) is 0 Å². The fourth-order valence-corrected chi connectivity index (χ4v) is 3.12. The Morgan fingerprint density at radius 3 is 2.85 bits per heavy atom. The maximum absolute atomic E-state index is 5.87. The number of hydrogen-bond acceptors (Lipinski definition) is 3. The van der Waals surface area contributed by atoms with Gasteiger partial charge in [0.15, 0.2) is 0 Å². The molecule has 0 aliphatic rings. The van der Waals surface area contributed by atoms with Crippen molar-refractivity contribution >= 4 is 55.7 Å². The summed E-state index contributed by atoms with van der Waals surface area (Å²) >= 11 is 9.46. The molecule has 4 heteroatoms. The Labute approximate surface area is 94.5 Å². The van der Waals surface area contributed by atoms with Crippen LogP contribution in [0.15, 0.2) is 23.1 Å². The first-order chi connectivity index (χ1) is 6.20. The lowest BCUT2D eigenvalue weighted by molar-refractivity contribution is 1.54. The number of fused-ring (bicyclic) bond motifs is 1. The Hall–Kier alpha value is -0.190. The van der Waals surface area contributed by atoms with E-state index >= 15 is 0 Å². The van der Waals surface area contributed by atoms with Gasteiger partial charge < -0.3 is 5.73 Å². The molecule has 2 N–H and O–H groups in total. The van der Waals surface area contributed by atoms with E-state index in [2.05, 4.69) is 34.6 Å². The third-order valence-corrected chi connectivity index (χ3v) is 4.15. The fourth-order valence-electron chi connectivity index (χ4n) is 1.27. The number of alkyl halides is 1. The number of rotatable bonds is 1. The molecule has 1 aromatic heterocycles. The zero-order valence-corrected chi connectivity index (χ0v) is 10.0. The normalized spacial score (nSPS) is 10.9. The van der Waals surface area contributed by atoms with Crippen LogP contribution >= 0.6 is 39.9 Å². The summed E-state index contributed by atoms with van der Waals surface area (Å²) < 4.78 is 1.21. The van der Waals surface area contributed by atoms with E-state index in [-0.39, 0.29) is 0 Å². The summed E-state index contributed by atoms with van der Waals surface area (Å²) in [6, 6.07) is 6.05. The highest BCUT2D eigenvalue weighted by atomic mass is 79.9. The van der Waals surface area contributed by atoms with Crippen LogP contribution in [0.3, 0.4) is 0 Å². The van der Waals surface area contributed by atoms with E-state index in [9.17, 15) is 0 Å². The molecule has 0 saturated heterocycles. The summed E-state index contributed by atoms with van der Waals surface area (Å²) in [5, 5.41) is 2.02. The Bertz CT molecular complexity index is 450. The molecule has 68 valence electrons. The van der Waals surface area contributed by atoms with Gasteiger partial charge in [0.05, 0.1) is 0 Å². The monoisotopic (exact) mass is 273 g/mol. The number of thiophene rings is 1. The molecule has 0 bridgehead atoms. The number of nitrogen functional groups attached to an aromatic ring is 1. The van der Waals surface area contributed by atoms with Gasteiger partial charge in [0, 0.05) is 30.9 Å². The Morgan fingerprint density at radius 1 is 1.38 bits per heavy atom. The summed E-state index contributed by atoms with van der Waals surface area (Å²) in [7, 11) is 0. The molecule has 13 heavy (non-hydrogen) atoms. The third kappa shape index (κ3) is 1.71. The van der Waals surface area contributed by atoms with Crippen molar-refractivity contribution in [1.82, 2.24) is 0 Å². The third-order valence-electron chi connectivity index (χ3n) is 1.84. The van der Waals surface area contributed by atoms with Crippen molar-refractivity contribution < 1.29 is 0 Å². The number of halogens is 1. The van der Waals surface area contributed by atoms with Gasteiger partial charge in [0.25, 0.3) is 0 Å². The maximum Gasteiger partial charge on any atom is 0.0413 e. The van der Waals surface area contributed by atoms with Crippen molar-refractivity contribution in [3.8, 4) is 0 Å². The van der Waals surface area contributed by atoms with Crippen LogP contribution < -0.4 is 5.73 Å². The van der Waals surface area contributed by atoms with E-state index in [4.69, 9.17) is 5.73 Å². The molecule has 2 aromatic rings. The number of anilines is 1. The lowest BCUT2D eigenvalue weighted by atomic mass is 10.2. The molecule has 0 unspecified atom stereocenters. The van der Waals surface area contributed by atoms with E-state index in [0.29, 0.717) is 0 Å². The lowest BCUT2D eigenvalue weighted by Crippen LogP contribution is -1.84. The van der Waals surface area contributed by atoms with E-state index in [1.807, 2.05) is 12.1 Å². The zero-order valence-electron chi connectivity index (χ0n) is 6.75. The highest BCUT2D eigenvalue weighted by Crippen LogP contribution is 2.33. The van der Waals surface area contributed by atoms with Crippen molar-refractivity contribution in [3.05, 3.63) is 23.1 Å². The van der Waals surface area contributed by atoms with E-state index in [1.54, 1.807) is 11.3 Å². The molecule has 0 atom stereocenters. The molecule has 0 amide bonds. The Kier molecular flexibility index (Phi) is 2.53. The van der Waals surface area contributed by atoms with E-state index in [0.717, 1.165) is 21.3 Å². The molecule has 0 aliphatic heterocycles. The molecule has 1 heterocycles. The molecular formula is C9H8BrNS2. The van der Waals surface area contributed by atoms with Crippen molar-refractivity contribution in [3.63, 3.8) is 0 Å². The van der Waals surface area contributed by atoms with Crippen molar-refractivity contribution in [2.45, 2.75) is 10.2 Å². The summed E-state index contributed by atoms with van der Waals surface area (Å²) in [5.74, 6) is 0. The van der Waals surface area contributed by atoms with Crippen LogP contribution in [0.4, 0.5) is 5.69 Å². The topological polar surface area (TPSA) is 26.0 Å². The number of benzene rings is 1. The van der Waals surface area contributed by atoms with Gasteiger partial charge in [-0.15, -0.1) is 24.0 Å². The Morgan fingerprint density at radius 2 is 2.15 bits per heavy atom. The van der Waals surface area contributed by atoms with Crippen molar-refractivity contribution in [1.29, 1.82) is 0 Å². The van der Waals surface area contributed by atoms with Crippen LogP contribution in [0.2, 0.25) is 0 Å². The molecule has 1 aromatic carbocycles. The maximum atomic E-state index is 5.87. The average molecular weight is 274 g/mol. The molecule has 0 spiro atoms. The minimum Gasteiger partial charge on any atom is -0.398 e. The van der Waals surface area contributed by atoms with Crippen LogP contribution in [0.5, 0.6) is 0 Å². The molecular weight excluding hydrogens is 266 g/mol. The molecule has 0 radical (unpaired) electrons. The zero-order chi connectivity index (χ0) is 9.42. The minimum absolute atomic E-state index is 0.811. The SMILES string of the molecule is Nc1cc(S)cc2sc(CBr)cc12. The van der Waals surface area contributed by atoms with E-state index in [1.165, 1.54) is 9.58 Å². The van der Waals surface area contributed by atoms with Gasteiger partial charge in [-0.05, 0) is 18.2 Å². The van der Waals surface area contributed by atoms with Gasteiger partial charge in [-0.1, -0.05) is 15.9 Å². The van der Waals surface area contributed by atoms with Gasteiger partial charge in [-0.3, -0.25) is 0 Å². The number of nitrogens with two attached hydrogens (primary N) is 1. The number of thiol groups is 1. The highest BCUT2D eigenvalue weighted by molar-refractivity contribution is 9.08. The summed E-state index contributed by atoms with van der Waals surface area (Å²) in [6.07, 6.45) is 0. The Balaban J connectivity index is 2.75. The molecule has 2 rings (SSSR count). The first kappa shape index (κ1) is 9.37. The van der Waals surface area contributed by atoms with Crippen LogP contribution in [0.1, 0.15) is 4.88 Å². The largest absolute Gasteiger partial charge is 0.398 e. The summed E-state index contributed by atoms with van der Waals surface area (Å²) in [5.41, 5.74) is 6.68. The average Bonchev–Trinajstić information content (AvgIpc) is 2.47. The second-order valence-corrected chi connectivity index (χ2v) is 5.04. The second-order valence-electron chi connectivity index (χ2n) is 2.79. The van der Waals surface area contributed by atoms with Gasteiger partial charge in [-0.2, -0.15) is 0 Å². The van der Waals surface area contributed by atoms with Crippen LogP contribution in [-0.2, 0) is 5.33 Å². The van der Waals surface area contributed by atoms with Crippen LogP contribution in [0, 0.1) is 0 Å². The van der Waals surface area contributed by atoms with Crippen LogP contribution in [0.25, 0.3) is 10.1 Å². The highest BCUT2D eigenvalue weighted by Gasteiger charge is 2.04. The van der Waals surface area contributed by atoms with E-state index < -0.39 is 0 Å². The predicted molar refractivity (Wildman–Crippen MR) is 66.1 cm³/mol. The fraction of sp³-hybridized carbons (Fsp3) is 0.111. The first-order valence-corrected chi connectivity index (χ1v) is 6.16. The number of hydrogen-bond donors (Lipinski definition) is 2. The molecule has 0 saturated carbocycles. The first-order valence-electron chi connectivity index (χ1n) is 3.77. The molecule has 0 fully saturated rings. The quantitative estimate of drug-likeness (QED) is 0.463. The molecule has 0 aliphatic carbocycles. The summed E-state index contributed by atoms with van der Waals surface area (Å²) in [6.45, 7) is 0. The van der Waals surface area contributed by atoms with Gasteiger partial charge in [0.2, 0.25) is 0 Å². The van der Waals surface area contributed by atoms with Crippen molar-refractivity contribution in [2.75, 3.05) is 5.73 Å². The van der Waals surface area contributed by atoms with Gasteiger partial charge in [0.1, 0.15) is 0 Å². The molecule has 1 nitrogen and oxygen atoms in total. The standard InChI is InChI=1S/C9H8BrNS2/c10-4-6-3-7-8(11)1-5(12)2-9(7)13-6/h1-3,12H,4,11H2. The van der Waals surface area contributed by atoms with Gasteiger partial charge >= 0.3 is 0 Å². The van der Waals surface area contributed by atoms with Crippen LogP contribution in [-0.4, -0.2) is 0 Å². The predicted octanol–water partition coefficient (Wildman–Crippen LogP) is 3.67. The second kappa shape index (κ2) is 3.52. The van der Waals surface area contributed by atoms with Gasteiger partial charge in [-0.25, -0.2) is 0 Å².